The van der Waals surface area contributed by atoms with Crippen molar-refractivity contribution < 1.29 is 0 Å². The lowest BCUT2D eigenvalue weighted by atomic mass is 10.1. The van der Waals surface area contributed by atoms with Crippen molar-refractivity contribution in [3.63, 3.8) is 0 Å². The maximum Gasteiger partial charge on any atom is 0.0299 e. The summed E-state index contributed by atoms with van der Waals surface area (Å²) in [6.07, 6.45) is 2.76. The van der Waals surface area contributed by atoms with Gasteiger partial charge in [0.25, 0.3) is 0 Å². The molecule has 2 N–H and O–H groups in total. The van der Waals surface area contributed by atoms with E-state index in [4.69, 9.17) is 0 Å². The molecule has 0 amide bonds. The average molecular weight is 210 g/mol. The summed E-state index contributed by atoms with van der Waals surface area (Å²) in [4.78, 5) is 1.44. The number of nitrogens with one attached hydrogen (secondary N) is 2. The molecule has 1 aliphatic rings. The number of hydrogen-bond acceptors (Lipinski definition) is 3. The summed E-state index contributed by atoms with van der Waals surface area (Å²) < 4.78 is 0. The van der Waals surface area contributed by atoms with Gasteiger partial charge in [-0.15, -0.1) is 11.3 Å². The monoisotopic (exact) mass is 210 g/mol. The molecule has 78 valence electrons. The molecule has 1 saturated carbocycles. The minimum absolute atomic E-state index is 0.575. The van der Waals surface area contributed by atoms with E-state index in [1.807, 2.05) is 18.4 Å². The smallest absolute Gasteiger partial charge is 0.0299 e. The predicted molar refractivity (Wildman–Crippen MR) is 61.6 cm³/mol. The third-order valence-electron chi connectivity index (χ3n) is 2.89. The Hall–Kier alpha value is -0.380. The van der Waals surface area contributed by atoms with Gasteiger partial charge in [-0.2, -0.15) is 0 Å². The van der Waals surface area contributed by atoms with Crippen molar-refractivity contribution in [3.05, 3.63) is 22.4 Å². The van der Waals surface area contributed by atoms with Gasteiger partial charge in [0.15, 0.2) is 0 Å². The molecule has 2 nitrogen and oxygen atoms in total. The van der Waals surface area contributed by atoms with Gasteiger partial charge < -0.3 is 10.6 Å². The maximum absolute atomic E-state index is 3.55. The topological polar surface area (TPSA) is 24.1 Å². The first-order valence-corrected chi connectivity index (χ1v) is 6.10. The van der Waals surface area contributed by atoms with Crippen molar-refractivity contribution in [1.29, 1.82) is 0 Å². The summed E-state index contributed by atoms with van der Waals surface area (Å²) in [5.74, 6) is 0. The molecule has 0 radical (unpaired) electrons. The lowest BCUT2D eigenvalue weighted by molar-refractivity contribution is 0.439. The van der Waals surface area contributed by atoms with Crippen LogP contribution in [0.1, 0.15) is 17.7 Å². The molecule has 0 aliphatic heterocycles. The van der Waals surface area contributed by atoms with Crippen LogP contribution in [0.5, 0.6) is 0 Å². The number of hydrogen-bond donors (Lipinski definition) is 2. The van der Waals surface area contributed by atoms with Crippen molar-refractivity contribution in [1.82, 2.24) is 10.6 Å². The van der Waals surface area contributed by atoms with E-state index in [0.29, 0.717) is 5.41 Å². The van der Waals surface area contributed by atoms with Crippen LogP contribution in [0.2, 0.25) is 0 Å². The highest BCUT2D eigenvalue weighted by Gasteiger charge is 2.41. The first kappa shape index (κ1) is 10.1. The molecule has 0 saturated heterocycles. The van der Waals surface area contributed by atoms with E-state index >= 15 is 0 Å². The van der Waals surface area contributed by atoms with Crippen LogP contribution in [-0.4, -0.2) is 20.1 Å². The second-order valence-corrected chi connectivity index (χ2v) is 5.25. The van der Waals surface area contributed by atoms with Crippen molar-refractivity contribution in [3.8, 4) is 0 Å². The zero-order valence-corrected chi connectivity index (χ0v) is 9.49. The Morgan fingerprint density at radius 3 is 2.86 bits per heavy atom. The highest BCUT2D eigenvalue weighted by Crippen LogP contribution is 2.44. The molecule has 0 unspecified atom stereocenters. The SMILES string of the molecule is CNCC1(CNCc2cccs2)CC1. The molecule has 0 atom stereocenters. The van der Waals surface area contributed by atoms with Gasteiger partial charge in [0.2, 0.25) is 0 Å². The minimum atomic E-state index is 0.575. The van der Waals surface area contributed by atoms with E-state index in [9.17, 15) is 0 Å². The Bertz CT molecular complexity index is 265. The van der Waals surface area contributed by atoms with Crippen molar-refractivity contribution in [2.45, 2.75) is 19.4 Å². The highest BCUT2D eigenvalue weighted by atomic mass is 32.1. The third-order valence-corrected chi connectivity index (χ3v) is 3.76. The minimum Gasteiger partial charge on any atom is -0.319 e. The number of rotatable bonds is 6. The molecule has 1 fully saturated rings. The summed E-state index contributed by atoms with van der Waals surface area (Å²) in [5, 5.41) is 8.96. The van der Waals surface area contributed by atoms with Gasteiger partial charge in [0.1, 0.15) is 0 Å². The molecule has 3 heteroatoms. The molecule has 1 aliphatic carbocycles. The van der Waals surface area contributed by atoms with E-state index in [1.165, 1.54) is 17.7 Å². The molecule has 1 aromatic heterocycles. The predicted octanol–water partition coefficient (Wildman–Crippen LogP) is 1.84. The Kier molecular flexibility index (Phi) is 3.21. The first-order chi connectivity index (χ1) is 6.85. The van der Waals surface area contributed by atoms with E-state index in [1.54, 1.807) is 0 Å². The highest BCUT2D eigenvalue weighted by molar-refractivity contribution is 7.09. The second-order valence-electron chi connectivity index (χ2n) is 4.21. The van der Waals surface area contributed by atoms with Crippen LogP contribution in [0.15, 0.2) is 17.5 Å². The molecular formula is C11H18N2S. The van der Waals surface area contributed by atoms with Gasteiger partial charge in [-0.3, -0.25) is 0 Å². The summed E-state index contributed by atoms with van der Waals surface area (Å²) in [7, 11) is 2.04. The van der Waals surface area contributed by atoms with E-state index in [2.05, 4.69) is 28.1 Å². The Labute approximate surface area is 89.7 Å². The van der Waals surface area contributed by atoms with E-state index < -0.39 is 0 Å². The largest absolute Gasteiger partial charge is 0.319 e. The summed E-state index contributed by atoms with van der Waals surface area (Å²) in [6.45, 7) is 3.35. The van der Waals surface area contributed by atoms with E-state index in [0.717, 1.165) is 19.6 Å². The van der Waals surface area contributed by atoms with Gasteiger partial charge in [-0.25, -0.2) is 0 Å². The molecule has 14 heavy (non-hydrogen) atoms. The van der Waals surface area contributed by atoms with Crippen LogP contribution < -0.4 is 10.6 Å². The first-order valence-electron chi connectivity index (χ1n) is 5.22. The Morgan fingerprint density at radius 2 is 2.29 bits per heavy atom. The van der Waals surface area contributed by atoms with Crippen LogP contribution in [-0.2, 0) is 6.54 Å². The van der Waals surface area contributed by atoms with Gasteiger partial charge in [0.05, 0.1) is 0 Å². The lowest BCUT2D eigenvalue weighted by Gasteiger charge is -2.14. The zero-order chi connectivity index (χ0) is 9.86. The fourth-order valence-corrected chi connectivity index (χ4v) is 2.51. The standard InChI is InChI=1S/C11H18N2S/c1-12-8-11(4-5-11)9-13-7-10-3-2-6-14-10/h2-3,6,12-13H,4-5,7-9H2,1H3. The second kappa shape index (κ2) is 4.43. The summed E-state index contributed by atoms with van der Waals surface area (Å²) in [5.41, 5.74) is 0.575. The van der Waals surface area contributed by atoms with Crippen molar-refractivity contribution in [2.75, 3.05) is 20.1 Å². The average Bonchev–Trinajstić information content (AvgIpc) is 2.75. The molecule has 1 heterocycles. The quantitative estimate of drug-likeness (QED) is 0.748. The fourth-order valence-electron chi connectivity index (χ4n) is 1.83. The molecule has 0 bridgehead atoms. The Balaban J connectivity index is 1.68. The van der Waals surface area contributed by atoms with Crippen LogP contribution >= 0.6 is 11.3 Å². The number of thiophene rings is 1. The van der Waals surface area contributed by atoms with Crippen LogP contribution in [0.25, 0.3) is 0 Å². The fraction of sp³-hybridized carbons (Fsp3) is 0.636. The van der Waals surface area contributed by atoms with Crippen molar-refractivity contribution in [2.24, 2.45) is 5.41 Å². The van der Waals surface area contributed by atoms with Gasteiger partial charge in [0, 0.05) is 24.5 Å². The van der Waals surface area contributed by atoms with Crippen LogP contribution in [0, 0.1) is 5.41 Å². The summed E-state index contributed by atoms with van der Waals surface area (Å²) >= 11 is 1.83. The molecule has 1 aromatic rings. The maximum atomic E-state index is 3.55. The van der Waals surface area contributed by atoms with Gasteiger partial charge >= 0.3 is 0 Å². The molecule has 0 spiro atoms. The Morgan fingerprint density at radius 1 is 1.43 bits per heavy atom. The van der Waals surface area contributed by atoms with Crippen LogP contribution in [0.3, 0.4) is 0 Å². The molecular weight excluding hydrogens is 192 g/mol. The van der Waals surface area contributed by atoms with Gasteiger partial charge in [-0.05, 0) is 36.8 Å². The van der Waals surface area contributed by atoms with Crippen molar-refractivity contribution >= 4 is 11.3 Å². The van der Waals surface area contributed by atoms with Crippen LogP contribution in [0.4, 0.5) is 0 Å². The third kappa shape index (κ3) is 2.56. The zero-order valence-electron chi connectivity index (χ0n) is 8.68. The van der Waals surface area contributed by atoms with Gasteiger partial charge in [-0.1, -0.05) is 6.07 Å². The normalized spacial score (nSPS) is 18.4. The lowest BCUT2D eigenvalue weighted by Crippen LogP contribution is -2.30. The molecule has 2 rings (SSSR count). The summed E-state index contributed by atoms with van der Waals surface area (Å²) in [6, 6.07) is 4.30. The van der Waals surface area contributed by atoms with E-state index in [-0.39, 0.29) is 0 Å². The molecule has 0 aromatic carbocycles.